The fraction of sp³-hybridized carbons (Fsp3) is 0.312. The summed E-state index contributed by atoms with van der Waals surface area (Å²) in [4.78, 5) is 21.0. The molecule has 2 atom stereocenters. The molecule has 2 aromatic heterocycles. The summed E-state index contributed by atoms with van der Waals surface area (Å²) in [5.41, 5.74) is 1.90. The number of aromatic nitrogens is 2. The van der Waals surface area contributed by atoms with E-state index in [1.54, 1.807) is 24.2 Å². The van der Waals surface area contributed by atoms with Crippen molar-refractivity contribution in [3.63, 3.8) is 0 Å². The van der Waals surface area contributed by atoms with Gasteiger partial charge >= 0.3 is 0 Å². The molecule has 2 aromatic rings. The minimum absolute atomic E-state index is 0.0844. The topological polar surface area (TPSA) is 42.9 Å². The van der Waals surface area contributed by atoms with E-state index < -0.39 is 0 Å². The predicted molar refractivity (Wildman–Crippen MR) is 80.1 cm³/mol. The number of pyridine rings is 2. The van der Waals surface area contributed by atoms with Crippen LogP contribution in [0, 0.1) is 5.92 Å². The number of rotatable bonds is 4. The van der Waals surface area contributed by atoms with Crippen molar-refractivity contribution < 1.29 is 4.79 Å². The molecule has 0 amide bonds. The standard InChI is InChI=1S/C16H16N2OS/c1-20-15-7-4-12(10-18-15)16(19)14-6-5-13(14)11-3-2-8-17-9-11/h2-4,7-10,13-14H,5-6H2,1H3. The number of hydrogen-bond donors (Lipinski definition) is 0. The average molecular weight is 284 g/mol. The molecule has 3 rings (SSSR count). The highest BCUT2D eigenvalue weighted by Crippen LogP contribution is 2.43. The summed E-state index contributed by atoms with van der Waals surface area (Å²) in [6.07, 6.45) is 9.35. The van der Waals surface area contributed by atoms with E-state index in [1.807, 2.05) is 30.7 Å². The summed E-state index contributed by atoms with van der Waals surface area (Å²) in [7, 11) is 0. The molecule has 2 heterocycles. The van der Waals surface area contributed by atoms with Crippen LogP contribution in [-0.4, -0.2) is 22.0 Å². The summed E-state index contributed by atoms with van der Waals surface area (Å²) in [5.74, 6) is 0.614. The van der Waals surface area contributed by atoms with Crippen LogP contribution < -0.4 is 0 Å². The highest BCUT2D eigenvalue weighted by molar-refractivity contribution is 7.98. The van der Waals surface area contributed by atoms with E-state index in [9.17, 15) is 4.79 Å². The molecule has 4 heteroatoms. The second-order valence-electron chi connectivity index (χ2n) is 5.03. The lowest BCUT2D eigenvalue weighted by Gasteiger charge is -2.35. The van der Waals surface area contributed by atoms with Crippen LogP contribution in [0.1, 0.15) is 34.7 Å². The van der Waals surface area contributed by atoms with Gasteiger partial charge in [0, 0.05) is 30.1 Å². The Hall–Kier alpha value is -1.68. The first-order chi connectivity index (χ1) is 9.79. The molecule has 3 nitrogen and oxygen atoms in total. The second-order valence-corrected chi connectivity index (χ2v) is 5.86. The Kier molecular flexibility index (Phi) is 3.83. The van der Waals surface area contributed by atoms with Crippen LogP contribution in [0.5, 0.6) is 0 Å². The molecule has 0 bridgehead atoms. The van der Waals surface area contributed by atoms with E-state index in [1.165, 1.54) is 5.56 Å². The summed E-state index contributed by atoms with van der Waals surface area (Å²) in [5, 5.41) is 0.943. The monoisotopic (exact) mass is 284 g/mol. The Labute approximate surface area is 122 Å². The summed E-state index contributed by atoms with van der Waals surface area (Å²) in [6.45, 7) is 0. The molecule has 0 spiro atoms. The molecule has 102 valence electrons. The number of carbonyl (C=O) groups is 1. The molecule has 1 aliphatic rings. The quantitative estimate of drug-likeness (QED) is 0.636. The highest BCUT2D eigenvalue weighted by Gasteiger charge is 2.37. The van der Waals surface area contributed by atoms with Crippen molar-refractivity contribution >= 4 is 17.5 Å². The number of thioether (sulfide) groups is 1. The van der Waals surface area contributed by atoms with Crippen LogP contribution in [0.4, 0.5) is 0 Å². The van der Waals surface area contributed by atoms with Gasteiger partial charge in [0.15, 0.2) is 5.78 Å². The molecule has 0 aromatic carbocycles. The van der Waals surface area contributed by atoms with Gasteiger partial charge in [0.2, 0.25) is 0 Å². The van der Waals surface area contributed by atoms with E-state index in [2.05, 4.69) is 16.0 Å². The molecule has 1 aliphatic carbocycles. The maximum absolute atomic E-state index is 12.5. The van der Waals surface area contributed by atoms with Crippen molar-refractivity contribution in [3.8, 4) is 0 Å². The number of carbonyl (C=O) groups excluding carboxylic acids is 1. The van der Waals surface area contributed by atoms with Crippen LogP contribution in [0.2, 0.25) is 0 Å². The molecule has 2 unspecified atom stereocenters. The van der Waals surface area contributed by atoms with Crippen molar-refractivity contribution in [1.82, 2.24) is 9.97 Å². The second kappa shape index (κ2) is 5.75. The molecule has 0 N–H and O–H groups in total. The minimum atomic E-state index is 0.0844. The average Bonchev–Trinajstić information content (AvgIpc) is 2.47. The predicted octanol–water partition coefficient (Wildman–Crippen LogP) is 3.58. The lowest BCUT2D eigenvalue weighted by atomic mass is 9.67. The van der Waals surface area contributed by atoms with Crippen molar-refractivity contribution in [2.45, 2.75) is 23.8 Å². The van der Waals surface area contributed by atoms with Gasteiger partial charge in [0.1, 0.15) is 0 Å². The van der Waals surface area contributed by atoms with Crippen LogP contribution in [0.25, 0.3) is 0 Å². The van der Waals surface area contributed by atoms with E-state index >= 15 is 0 Å². The van der Waals surface area contributed by atoms with Gasteiger partial charge < -0.3 is 0 Å². The van der Waals surface area contributed by atoms with Gasteiger partial charge in [0.25, 0.3) is 0 Å². The number of Topliss-reactive ketones (excluding diaryl/α,β-unsaturated/α-hetero) is 1. The van der Waals surface area contributed by atoms with Crippen molar-refractivity contribution in [2.75, 3.05) is 6.26 Å². The highest BCUT2D eigenvalue weighted by atomic mass is 32.2. The fourth-order valence-corrected chi connectivity index (χ4v) is 3.03. The van der Waals surface area contributed by atoms with Gasteiger partial charge in [-0.15, -0.1) is 11.8 Å². The summed E-state index contributed by atoms with van der Waals surface area (Å²) < 4.78 is 0. The molecular formula is C16H16N2OS. The van der Waals surface area contributed by atoms with Gasteiger partial charge in [-0.25, -0.2) is 4.98 Å². The Bertz CT molecular complexity index is 598. The summed E-state index contributed by atoms with van der Waals surface area (Å²) >= 11 is 1.58. The molecule has 0 radical (unpaired) electrons. The number of nitrogens with zero attached hydrogens (tertiary/aromatic N) is 2. The Morgan fingerprint density at radius 2 is 2.15 bits per heavy atom. The number of hydrogen-bond acceptors (Lipinski definition) is 4. The fourth-order valence-electron chi connectivity index (χ4n) is 2.67. The first-order valence-corrected chi connectivity index (χ1v) is 7.96. The van der Waals surface area contributed by atoms with Crippen LogP contribution >= 0.6 is 11.8 Å². The van der Waals surface area contributed by atoms with Crippen LogP contribution in [-0.2, 0) is 0 Å². The first kappa shape index (κ1) is 13.3. The van der Waals surface area contributed by atoms with Crippen molar-refractivity contribution in [1.29, 1.82) is 0 Å². The molecule has 0 saturated heterocycles. The third kappa shape index (κ3) is 2.48. The molecule has 0 aliphatic heterocycles. The van der Waals surface area contributed by atoms with E-state index in [0.717, 1.165) is 23.4 Å². The van der Waals surface area contributed by atoms with Gasteiger partial charge in [-0.2, -0.15) is 0 Å². The maximum atomic E-state index is 12.5. The summed E-state index contributed by atoms with van der Waals surface area (Å²) in [6, 6.07) is 7.80. The Balaban J connectivity index is 1.77. The lowest BCUT2D eigenvalue weighted by Crippen LogP contribution is -2.31. The van der Waals surface area contributed by atoms with E-state index in [0.29, 0.717) is 5.92 Å². The zero-order valence-corrected chi connectivity index (χ0v) is 12.1. The first-order valence-electron chi connectivity index (χ1n) is 6.74. The molecule has 1 saturated carbocycles. The van der Waals surface area contributed by atoms with Gasteiger partial charge in [0.05, 0.1) is 5.03 Å². The van der Waals surface area contributed by atoms with Crippen molar-refractivity contribution in [2.24, 2.45) is 5.92 Å². The van der Waals surface area contributed by atoms with Gasteiger partial charge in [-0.3, -0.25) is 9.78 Å². The molecule has 1 fully saturated rings. The Morgan fingerprint density at radius 3 is 2.70 bits per heavy atom. The SMILES string of the molecule is CSc1ccc(C(=O)C2CCC2c2cccnc2)cn1. The van der Waals surface area contributed by atoms with Crippen LogP contribution in [0.15, 0.2) is 47.9 Å². The van der Waals surface area contributed by atoms with Crippen molar-refractivity contribution in [3.05, 3.63) is 54.0 Å². The van der Waals surface area contributed by atoms with E-state index in [4.69, 9.17) is 0 Å². The Morgan fingerprint density at radius 1 is 1.25 bits per heavy atom. The zero-order valence-electron chi connectivity index (χ0n) is 11.3. The van der Waals surface area contributed by atoms with Crippen LogP contribution in [0.3, 0.4) is 0 Å². The molecule has 20 heavy (non-hydrogen) atoms. The normalized spacial score (nSPS) is 21.2. The van der Waals surface area contributed by atoms with E-state index in [-0.39, 0.29) is 11.7 Å². The largest absolute Gasteiger partial charge is 0.294 e. The molecular weight excluding hydrogens is 268 g/mol. The zero-order chi connectivity index (χ0) is 13.9. The third-order valence-corrected chi connectivity index (χ3v) is 4.61. The third-order valence-electron chi connectivity index (χ3n) is 3.95. The van der Waals surface area contributed by atoms with Gasteiger partial charge in [-0.05, 0) is 48.8 Å². The number of ketones is 1. The smallest absolute Gasteiger partial charge is 0.168 e. The van der Waals surface area contributed by atoms with Gasteiger partial charge in [-0.1, -0.05) is 6.07 Å². The maximum Gasteiger partial charge on any atom is 0.168 e. The lowest BCUT2D eigenvalue weighted by molar-refractivity contribution is 0.0818. The minimum Gasteiger partial charge on any atom is -0.294 e.